The van der Waals surface area contributed by atoms with Crippen molar-refractivity contribution < 1.29 is 69.0 Å². The van der Waals surface area contributed by atoms with Crippen molar-refractivity contribution in [3.8, 4) is 165 Å². The minimum atomic E-state index is -1.38. The van der Waals surface area contributed by atoms with Crippen LogP contribution in [0.1, 0.15) is 20.7 Å². The van der Waals surface area contributed by atoms with Gasteiger partial charge in [0, 0.05) is 45.8 Å². The maximum atomic E-state index is 14.5. The number of methoxy groups -OCH3 is 1. The molecule has 9 aromatic heterocycles. The molecule has 0 spiro atoms. The van der Waals surface area contributed by atoms with Gasteiger partial charge in [0.05, 0.1) is 29.4 Å². The fourth-order valence-electron chi connectivity index (χ4n) is 13.0. The van der Waals surface area contributed by atoms with E-state index >= 15 is 0 Å². The first-order chi connectivity index (χ1) is 61.6. The molecule has 0 radical (unpaired) electrons. The summed E-state index contributed by atoms with van der Waals surface area (Å²) in [4.78, 5) is 43.7. The maximum Gasteiger partial charge on any atom is 0.338 e. The predicted molar refractivity (Wildman–Crippen MR) is 440 cm³/mol. The zero-order chi connectivity index (χ0) is 86.7. The average Bonchev–Trinajstić information content (AvgIpc) is 1.59. The average molecular weight is 1690 g/mol. The van der Waals surface area contributed by atoms with Gasteiger partial charge in [-0.25, -0.2) is 54.7 Å². The molecule has 2 N–H and O–H groups in total. The molecule has 9 heterocycles. The summed E-state index contributed by atoms with van der Waals surface area (Å²) in [5.74, 6) is -4.06. The molecular weight excluding hydrogens is 1630 g/mol. The number of pyridine rings is 1. The van der Waals surface area contributed by atoms with Gasteiger partial charge in [-0.1, -0.05) is 217 Å². The zero-order valence-corrected chi connectivity index (χ0v) is 64.8. The SMILES string of the molecule is COc1ccccc1-c1noc(-c2nnn(-c3ccccc3F)c2-c2ccccc2)n1.Fc1ccccc1-c1noc(-c2nnn(-c3ccccc3F)c2-c2cccnc2)n1.O=C(O)c1ccc(-c2noc(-c3nnn(-c4ccccc4F)c3-c3ccccc3)n2)cc1.O=C(O)c1ccc(-c2noc(-c3nnn(-c4ccccc4F)c3-c3ccccc3)n2)cc1F. The Bertz CT molecular complexity index is 7290. The van der Waals surface area contributed by atoms with Crippen molar-refractivity contribution in [1.29, 1.82) is 0 Å². The van der Waals surface area contributed by atoms with Crippen LogP contribution in [0.4, 0.5) is 26.3 Å². The molecule has 0 aliphatic heterocycles. The summed E-state index contributed by atoms with van der Waals surface area (Å²) in [5, 5.41) is 67.1. The van der Waals surface area contributed by atoms with Crippen LogP contribution in [0, 0.1) is 34.9 Å². The quantitative estimate of drug-likeness (QED) is 0.0710. The summed E-state index contributed by atoms with van der Waals surface area (Å²) in [7, 11) is 1.58. The molecular formula is C90H55F6N21O9. The molecule has 0 bridgehead atoms. The second-order valence-electron chi connectivity index (χ2n) is 26.7. The van der Waals surface area contributed by atoms with Crippen LogP contribution >= 0.6 is 0 Å². The van der Waals surface area contributed by atoms with E-state index in [0.29, 0.717) is 68.0 Å². The molecule has 0 fully saturated rings. The summed E-state index contributed by atoms with van der Waals surface area (Å²) in [6, 6.07) is 79.2. The molecule has 0 saturated carbocycles. The molecule has 0 atom stereocenters. The third kappa shape index (κ3) is 16.6. The Morgan fingerprint density at radius 3 is 1.02 bits per heavy atom. The van der Waals surface area contributed by atoms with Gasteiger partial charge in [0.25, 0.3) is 23.6 Å². The number of carbonyl (C=O) groups is 2. The Labute approximate surface area is 705 Å². The zero-order valence-electron chi connectivity index (χ0n) is 64.8. The molecule has 36 heteroatoms. The largest absolute Gasteiger partial charge is 0.496 e. The number of benzene rings is 11. The van der Waals surface area contributed by atoms with E-state index in [1.165, 1.54) is 67.3 Å². The topological polar surface area (TPSA) is 375 Å². The van der Waals surface area contributed by atoms with E-state index in [1.54, 1.807) is 147 Å². The van der Waals surface area contributed by atoms with E-state index in [-0.39, 0.29) is 91.9 Å². The highest BCUT2D eigenvalue weighted by atomic mass is 19.1. The van der Waals surface area contributed by atoms with Crippen LogP contribution in [0.25, 0.3) is 160 Å². The van der Waals surface area contributed by atoms with Crippen molar-refractivity contribution >= 4 is 11.9 Å². The van der Waals surface area contributed by atoms with E-state index in [9.17, 15) is 35.9 Å². The highest BCUT2D eigenvalue weighted by molar-refractivity contribution is 5.89. The first-order valence-electron chi connectivity index (χ1n) is 37.6. The Morgan fingerprint density at radius 2 is 0.651 bits per heavy atom. The predicted octanol–water partition coefficient (Wildman–Crippen LogP) is 18.2. The standard InChI is InChI=1S/C23H13F2N5O3.C23H14FN5O3.C23H16FN5O2.C21H12F2N6O/c24-16-8-4-5-9-18(16)30-20(13-6-2-1-3-7-13)19(27-29-30)22-26-21(28-33-22)14-10-11-15(23(31)32)17(25)12-14;24-17-8-4-5-9-18(17)29-20(14-6-2-1-3-7-14)19(26-28-29)22-25-21(27-32-22)15-10-12-16(13-11-15)23(30)31;1-30-19-14-8-5-11-16(19)22-25-23(31-27-22)20-21(15-9-3-2-4-10-15)29(28-26-20)18-13-7-6-12-17(18)24;22-15-8-2-1-7-14(15)20-25-21(30-27-20)18-19(13-6-5-11-24-12-13)29(28-26-18)17-10-4-3-9-16(17)23/h1-12H,(H,31,32);1-13H,(H,30,31);2-14H,1H3;1-12H. The lowest BCUT2D eigenvalue weighted by atomic mass is 10.1. The summed E-state index contributed by atoms with van der Waals surface area (Å²) in [6.07, 6.45) is 3.21. The molecule has 20 rings (SSSR count). The van der Waals surface area contributed by atoms with Gasteiger partial charge < -0.3 is 33.0 Å². The van der Waals surface area contributed by atoms with Crippen molar-refractivity contribution in [3.63, 3.8) is 0 Å². The minimum absolute atomic E-state index is 0.0193. The lowest BCUT2D eigenvalue weighted by molar-refractivity contribution is 0.0683. The van der Waals surface area contributed by atoms with Gasteiger partial charge in [-0.15, -0.1) is 20.4 Å². The Balaban J connectivity index is 0.000000119. The van der Waals surface area contributed by atoms with E-state index < -0.39 is 52.4 Å². The minimum Gasteiger partial charge on any atom is -0.496 e. The highest BCUT2D eigenvalue weighted by Crippen LogP contribution is 2.40. The number of halogens is 6. The van der Waals surface area contributed by atoms with Crippen LogP contribution in [0.3, 0.4) is 0 Å². The molecule has 0 aliphatic carbocycles. The number of aromatic carboxylic acids is 2. The Hall–Kier alpha value is -18.0. The number of carboxylic acid groups (broad SMARTS) is 2. The van der Waals surface area contributed by atoms with Crippen molar-refractivity contribution in [3.05, 3.63) is 350 Å². The summed E-state index contributed by atoms with van der Waals surface area (Å²) < 4.78 is 119. The monoisotopic (exact) mass is 1690 g/mol. The Kier molecular flexibility index (Phi) is 22.9. The first-order valence-corrected chi connectivity index (χ1v) is 37.6. The molecule has 30 nitrogen and oxygen atoms in total. The number of rotatable bonds is 19. The molecule has 0 saturated heterocycles. The van der Waals surface area contributed by atoms with E-state index in [0.717, 1.165) is 23.3 Å². The number of hydrogen-bond donors (Lipinski definition) is 2. The lowest BCUT2D eigenvalue weighted by Gasteiger charge is -2.08. The van der Waals surface area contributed by atoms with Crippen LogP contribution in [0.5, 0.6) is 5.75 Å². The van der Waals surface area contributed by atoms with Gasteiger partial charge in [0.15, 0.2) is 22.8 Å². The van der Waals surface area contributed by atoms with Crippen LogP contribution in [-0.2, 0) is 0 Å². The molecule has 0 unspecified atom stereocenters. The number of para-hydroxylation sites is 5. The molecule has 616 valence electrons. The molecule has 0 amide bonds. The van der Waals surface area contributed by atoms with Gasteiger partial charge in [-0.2, -0.15) is 19.9 Å². The van der Waals surface area contributed by atoms with Crippen molar-refractivity contribution in [2.75, 3.05) is 7.11 Å². The second-order valence-corrected chi connectivity index (χ2v) is 26.7. The fourth-order valence-corrected chi connectivity index (χ4v) is 13.0. The second kappa shape index (κ2) is 35.9. The smallest absolute Gasteiger partial charge is 0.338 e. The van der Waals surface area contributed by atoms with E-state index in [4.69, 9.17) is 33.0 Å². The summed E-state index contributed by atoms with van der Waals surface area (Å²) in [5.41, 5.74) is 7.97. The normalized spacial score (nSPS) is 10.9. The highest BCUT2D eigenvalue weighted by Gasteiger charge is 2.31. The first kappa shape index (κ1) is 80.4. The number of nitrogens with zero attached hydrogens (tertiary/aromatic N) is 21. The third-order valence-electron chi connectivity index (χ3n) is 18.9. The number of ether oxygens (including phenoxy) is 1. The Morgan fingerprint density at radius 1 is 0.317 bits per heavy atom. The number of aromatic nitrogens is 21. The molecule has 126 heavy (non-hydrogen) atoms. The van der Waals surface area contributed by atoms with Crippen LogP contribution < -0.4 is 4.74 Å². The van der Waals surface area contributed by atoms with Crippen molar-refractivity contribution in [2.24, 2.45) is 0 Å². The summed E-state index contributed by atoms with van der Waals surface area (Å²) >= 11 is 0. The molecule has 0 aliphatic rings. The van der Waals surface area contributed by atoms with Crippen LogP contribution in [0.2, 0.25) is 0 Å². The van der Waals surface area contributed by atoms with E-state index in [1.807, 2.05) is 103 Å². The lowest BCUT2D eigenvalue weighted by Crippen LogP contribution is -2.02. The van der Waals surface area contributed by atoms with Gasteiger partial charge in [0.2, 0.25) is 23.3 Å². The van der Waals surface area contributed by atoms with Gasteiger partial charge in [-0.3, -0.25) is 4.98 Å². The van der Waals surface area contributed by atoms with Gasteiger partial charge >= 0.3 is 11.9 Å². The van der Waals surface area contributed by atoms with Crippen molar-refractivity contribution in [1.82, 2.24) is 106 Å². The van der Waals surface area contributed by atoms with Crippen LogP contribution in [-0.4, -0.2) is 135 Å². The van der Waals surface area contributed by atoms with Gasteiger partial charge in [-0.05, 0) is 115 Å². The van der Waals surface area contributed by atoms with Crippen LogP contribution in [0.15, 0.2) is 322 Å². The summed E-state index contributed by atoms with van der Waals surface area (Å²) in [6.45, 7) is 0. The van der Waals surface area contributed by atoms with Gasteiger partial charge in [0.1, 0.15) is 86.2 Å². The number of hydrogen-bond acceptors (Lipinski definition) is 24. The third-order valence-corrected chi connectivity index (χ3v) is 18.9. The van der Waals surface area contributed by atoms with E-state index in [2.05, 4.69) is 86.8 Å². The molecule has 20 aromatic rings. The van der Waals surface area contributed by atoms with Crippen molar-refractivity contribution in [2.45, 2.75) is 0 Å². The number of carboxylic acids is 2. The fraction of sp³-hybridized carbons (Fsp3) is 0.0111. The maximum absolute atomic E-state index is 14.5. The molecule has 11 aromatic carbocycles.